The van der Waals surface area contributed by atoms with Crippen LogP contribution in [0.3, 0.4) is 0 Å². The van der Waals surface area contributed by atoms with Crippen molar-refractivity contribution >= 4 is 40.7 Å². The lowest BCUT2D eigenvalue weighted by atomic mass is 10.0. The Morgan fingerprint density at radius 2 is 1.52 bits per heavy atom. The molecule has 3 rings (SSSR count). The summed E-state index contributed by atoms with van der Waals surface area (Å²) in [6.45, 7) is 0. The van der Waals surface area contributed by atoms with Crippen LogP contribution in [0.25, 0.3) is 22.4 Å². The number of hydrogen-bond acceptors (Lipinski definition) is 3. The highest BCUT2D eigenvalue weighted by Crippen LogP contribution is 2.38. The Kier molecular flexibility index (Phi) is 3.81. The third-order valence-electron chi connectivity index (χ3n) is 3.04. The number of nitrogens with zero attached hydrogens (tertiary/aromatic N) is 1. The first kappa shape index (κ1) is 14.3. The van der Waals surface area contributed by atoms with Gasteiger partial charge in [-0.15, -0.1) is 0 Å². The van der Waals surface area contributed by atoms with E-state index in [-0.39, 0.29) is 5.88 Å². The van der Waals surface area contributed by atoms with Crippen LogP contribution in [0.4, 0.5) is 5.88 Å². The molecule has 0 saturated heterocycles. The van der Waals surface area contributed by atoms with Gasteiger partial charge in [-0.2, -0.15) is 0 Å². The maximum absolute atomic E-state index is 6.05. The predicted octanol–water partition coefficient (Wildman–Crippen LogP) is 5.55. The van der Waals surface area contributed by atoms with Crippen molar-refractivity contribution in [1.29, 1.82) is 0 Å². The van der Waals surface area contributed by atoms with E-state index in [4.69, 9.17) is 45.1 Å². The lowest BCUT2D eigenvalue weighted by molar-refractivity contribution is 0.439. The second-order valence-corrected chi connectivity index (χ2v) is 5.66. The molecule has 0 bridgehead atoms. The number of benzene rings is 2. The Hall–Kier alpha value is -1.68. The number of aromatic nitrogens is 1. The van der Waals surface area contributed by atoms with E-state index in [9.17, 15) is 0 Å². The standard InChI is InChI=1S/C15H9Cl3N2O/c16-10-4-1-8(2-5-10)13-14(20-21-15(13)19)9-3-6-11(17)12(18)7-9/h1-7H,19H2. The van der Waals surface area contributed by atoms with Gasteiger partial charge in [0.2, 0.25) is 5.88 Å². The molecule has 3 nitrogen and oxygen atoms in total. The van der Waals surface area contributed by atoms with E-state index in [1.54, 1.807) is 24.3 Å². The molecule has 1 heterocycles. The van der Waals surface area contributed by atoms with Crippen molar-refractivity contribution in [3.8, 4) is 22.4 Å². The van der Waals surface area contributed by atoms with Crippen LogP contribution in [0, 0.1) is 0 Å². The summed E-state index contributed by atoms with van der Waals surface area (Å²) in [6.07, 6.45) is 0. The SMILES string of the molecule is Nc1onc(-c2ccc(Cl)c(Cl)c2)c1-c1ccc(Cl)cc1. The molecule has 2 N–H and O–H groups in total. The monoisotopic (exact) mass is 338 g/mol. The van der Waals surface area contributed by atoms with Gasteiger partial charge in [0, 0.05) is 10.6 Å². The minimum absolute atomic E-state index is 0.235. The Bertz CT molecular complexity index is 797. The molecule has 21 heavy (non-hydrogen) atoms. The average Bonchev–Trinajstić information content (AvgIpc) is 2.85. The minimum atomic E-state index is 0.235. The second-order valence-electron chi connectivity index (χ2n) is 4.41. The summed E-state index contributed by atoms with van der Waals surface area (Å²) in [5, 5.41) is 5.58. The first-order valence-corrected chi connectivity index (χ1v) is 7.16. The van der Waals surface area contributed by atoms with Crippen molar-refractivity contribution in [3.63, 3.8) is 0 Å². The van der Waals surface area contributed by atoms with Gasteiger partial charge in [-0.3, -0.25) is 0 Å². The van der Waals surface area contributed by atoms with Gasteiger partial charge in [-0.05, 0) is 29.8 Å². The van der Waals surface area contributed by atoms with Crippen LogP contribution in [-0.4, -0.2) is 5.16 Å². The molecule has 2 aromatic carbocycles. The van der Waals surface area contributed by atoms with Crippen molar-refractivity contribution in [2.75, 3.05) is 5.73 Å². The zero-order valence-corrected chi connectivity index (χ0v) is 12.9. The number of hydrogen-bond donors (Lipinski definition) is 1. The fourth-order valence-corrected chi connectivity index (χ4v) is 2.46. The predicted molar refractivity (Wildman–Crippen MR) is 86.8 cm³/mol. The highest BCUT2D eigenvalue weighted by molar-refractivity contribution is 6.42. The summed E-state index contributed by atoms with van der Waals surface area (Å²) < 4.78 is 5.12. The van der Waals surface area contributed by atoms with Gasteiger partial charge >= 0.3 is 0 Å². The molecule has 0 amide bonds. The van der Waals surface area contributed by atoms with E-state index in [1.165, 1.54) is 0 Å². The molecule has 0 radical (unpaired) electrons. The van der Waals surface area contributed by atoms with Gasteiger partial charge in [0.15, 0.2) is 0 Å². The fraction of sp³-hybridized carbons (Fsp3) is 0. The molecule has 1 aromatic heterocycles. The van der Waals surface area contributed by atoms with Crippen molar-refractivity contribution in [1.82, 2.24) is 5.16 Å². The number of anilines is 1. The minimum Gasteiger partial charge on any atom is -0.367 e. The lowest BCUT2D eigenvalue weighted by Gasteiger charge is -2.04. The van der Waals surface area contributed by atoms with Gasteiger partial charge in [-0.25, -0.2) is 0 Å². The van der Waals surface area contributed by atoms with Gasteiger partial charge < -0.3 is 10.3 Å². The van der Waals surface area contributed by atoms with Crippen LogP contribution in [-0.2, 0) is 0 Å². The molecule has 6 heteroatoms. The molecule has 0 unspecified atom stereocenters. The molecule has 0 atom stereocenters. The van der Waals surface area contributed by atoms with Crippen molar-refractivity contribution in [2.24, 2.45) is 0 Å². The van der Waals surface area contributed by atoms with E-state index in [0.29, 0.717) is 26.3 Å². The van der Waals surface area contributed by atoms with Crippen LogP contribution in [0.5, 0.6) is 0 Å². The first-order valence-electron chi connectivity index (χ1n) is 6.03. The smallest absolute Gasteiger partial charge is 0.230 e. The Labute approximate surface area is 136 Å². The highest BCUT2D eigenvalue weighted by atomic mass is 35.5. The molecule has 106 valence electrons. The summed E-state index contributed by atoms with van der Waals surface area (Å²) in [5.41, 5.74) is 8.83. The maximum Gasteiger partial charge on any atom is 0.230 e. The van der Waals surface area contributed by atoms with E-state index >= 15 is 0 Å². The number of halogens is 3. The lowest BCUT2D eigenvalue weighted by Crippen LogP contribution is -1.88. The topological polar surface area (TPSA) is 52.0 Å². The van der Waals surface area contributed by atoms with Crippen LogP contribution in [0.15, 0.2) is 47.0 Å². The van der Waals surface area contributed by atoms with Crippen LogP contribution in [0.2, 0.25) is 15.1 Å². The van der Waals surface area contributed by atoms with Gasteiger partial charge in [0.1, 0.15) is 5.69 Å². The number of nitrogen functional groups attached to an aromatic ring is 1. The van der Waals surface area contributed by atoms with Gasteiger partial charge in [-0.1, -0.05) is 58.2 Å². The Morgan fingerprint density at radius 1 is 0.857 bits per heavy atom. The normalized spacial score (nSPS) is 10.8. The summed E-state index contributed by atoms with van der Waals surface area (Å²) in [4.78, 5) is 0. The molecular weight excluding hydrogens is 331 g/mol. The van der Waals surface area contributed by atoms with Crippen LogP contribution >= 0.6 is 34.8 Å². The quantitative estimate of drug-likeness (QED) is 0.666. The molecular formula is C15H9Cl3N2O. The summed E-state index contributed by atoms with van der Waals surface area (Å²) in [7, 11) is 0. The van der Waals surface area contributed by atoms with Crippen molar-refractivity contribution in [3.05, 3.63) is 57.5 Å². The second kappa shape index (κ2) is 5.60. The third-order valence-corrected chi connectivity index (χ3v) is 4.04. The van der Waals surface area contributed by atoms with Gasteiger partial charge in [0.25, 0.3) is 0 Å². The number of nitrogens with two attached hydrogens (primary N) is 1. The van der Waals surface area contributed by atoms with Crippen LogP contribution < -0.4 is 5.73 Å². The van der Waals surface area contributed by atoms with Crippen molar-refractivity contribution < 1.29 is 4.52 Å². The van der Waals surface area contributed by atoms with E-state index in [0.717, 1.165) is 11.1 Å². The first-order chi connectivity index (χ1) is 10.1. The average molecular weight is 340 g/mol. The summed E-state index contributed by atoms with van der Waals surface area (Å²) in [5.74, 6) is 0.235. The molecule has 0 saturated carbocycles. The van der Waals surface area contributed by atoms with Crippen LogP contribution in [0.1, 0.15) is 0 Å². The Morgan fingerprint density at radius 3 is 2.19 bits per heavy atom. The summed E-state index contributed by atoms with van der Waals surface area (Å²) >= 11 is 17.9. The zero-order chi connectivity index (χ0) is 15.0. The molecule has 0 spiro atoms. The molecule has 3 aromatic rings. The zero-order valence-electron chi connectivity index (χ0n) is 10.6. The number of rotatable bonds is 2. The Balaban J connectivity index is 2.16. The summed E-state index contributed by atoms with van der Waals surface area (Å²) in [6, 6.07) is 12.5. The maximum atomic E-state index is 6.05. The molecule has 0 aliphatic heterocycles. The van der Waals surface area contributed by atoms with Gasteiger partial charge in [0.05, 0.1) is 15.6 Å². The van der Waals surface area contributed by atoms with Crippen molar-refractivity contribution in [2.45, 2.75) is 0 Å². The fourth-order valence-electron chi connectivity index (χ4n) is 2.04. The molecule has 0 aliphatic rings. The van der Waals surface area contributed by atoms with E-state index in [2.05, 4.69) is 5.16 Å². The van der Waals surface area contributed by atoms with E-state index < -0.39 is 0 Å². The molecule has 0 aliphatic carbocycles. The van der Waals surface area contributed by atoms with E-state index in [1.807, 2.05) is 18.2 Å². The largest absolute Gasteiger partial charge is 0.367 e. The highest BCUT2D eigenvalue weighted by Gasteiger charge is 2.18. The molecule has 0 fully saturated rings. The third kappa shape index (κ3) is 2.72.